The summed E-state index contributed by atoms with van der Waals surface area (Å²) in [6.45, 7) is 12.3. The van der Waals surface area contributed by atoms with Gasteiger partial charge in [-0.15, -0.1) is 0 Å². The zero-order valence-electron chi connectivity index (χ0n) is 13.9. The summed E-state index contributed by atoms with van der Waals surface area (Å²) in [4.78, 5) is 0. The maximum atomic E-state index is 10.3. The Morgan fingerprint density at radius 2 is 1.90 bits per heavy atom. The summed E-state index contributed by atoms with van der Waals surface area (Å²) in [7, 11) is 0. The Labute approximate surface area is 128 Å². The molecule has 0 fully saturated rings. The minimum Gasteiger partial charge on any atom is -0.490 e. The van der Waals surface area contributed by atoms with E-state index in [1.54, 1.807) is 6.92 Å². The van der Waals surface area contributed by atoms with Crippen LogP contribution in [-0.4, -0.2) is 30.5 Å². The number of nitrogens with one attached hydrogen (secondary N) is 1. The van der Waals surface area contributed by atoms with Gasteiger partial charge in [0.2, 0.25) is 0 Å². The Balaban J connectivity index is 2.80. The van der Waals surface area contributed by atoms with Crippen LogP contribution in [-0.2, 0) is 6.54 Å². The molecule has 1 atom stereocenters. The highest BCUT2D eigenvalue weighted by atomic mass is 16.5. The maximum absolute atomic E-state index is 10.3. The van der Waals surface area contributed by atoms with Gasteiger partial charge in [0.25, 0.3) is 0 Å². The van der Waals surface area contributed by atoms with E-state index in [9.17, 15) is 5.11 Å². The van der Waals surface area contributed by atoms with E-state index < -0.39 is 5.60 Å². The third kappa shape index (κ3) is 5.56. The summed E-state index contributed by atoms with van der Waals surface area (Å²) in [6, 6.07) is 5.92. The van der Waals surface area contributed by atoms with Crippen LogP contribution in [0.15, 0.2) is 18.2 Å². The summed E-state index contributed by atoms with van der Waals surface area (Å²) in [6.07, 6.45) is 0. The van der Waals surface area contributed by atoms with E-state index in [0.29, 0.717) is 12.4 Å². The molecule has 0 saturated heterocycles. The number of rotatable bonds is 9. The predicted molar refractivity (Wildman–Crippen MR) is 85.9 cm³/mol. The molecule has 0 amide bonds. The van der Waals surface area contributed by atoms with Crippen molar-refractivity contribution in [3.63, 3.8) is 0 Å². The first kappa shape index (κ1) is 17.8. The van der Waals surface area contributed by atoms with Gasteiger partial charge in [-0.05, 0) is 44.0 Å². The fourth-order valence-electron chi connectivity index (χ4n) is 1.71. The summed E-state index contributed by atoms with van der Waals surface area (Å²) in [5.41, 5.74) is 0.301. The van der Waals surface area contributed by atoms with E-state index in [1.165, 1.54) is 0 Å². The van der Waals surface area contributed by atoms with Crippen molar-refractivity contribution in [2.24, 2.45) is 5.92 Å². The molecule has 0 aliphatic heterocycles. The predicted octanol–water partition coefficient (Wildman–Crippen LogP) is 2.98. The highest BCUT2D eigenvalue weighted by Crippen LogP contribution is 2.30. The number of aliphatic hydroxyl groups is 1. The first-order valence-corrected chi connectivity index (χ1v) is 7.72. The second kappa shape index (κ2) is 8.25. The lowest BCUT2D eigenvalue weighted by Gasteiger charge is -2.28. The minimum absolute atomic E-state index is 0.126. The normalized spacial score (nSPS) is 14.0. The van der Waals surface area contributed by atoms with Crippen LogP contribution in [0.1, 0.15) is 40.2 Å². The van der Waals surface area contributed by atoms with Gasteiger partial charge < -0.3 is 19.9 Å². The molecule has 0 radical (unpaired) electrons. The molecule has 1 aromatic rings. The second-order valence-corrected chi connectivity index (χ2v) is 5.79. The quantitative estimate of drug-likeness (QED) is 0.735. The van der Waals surface area contributed by atoms with E-state index in [4.69, 9.17) is 9.47 Å². The van der Waals surface area contributed by atoms with Gasteiger partial charge in [-0.25, -0.2) is 0 Å². The molecule has 0 aliphatic rings. The summed E-state index contributed by atoms with van der Waals surface area (Å²) < 4.78 is 11.4. The van der Waals surface area contributed by atoms with Crippen LogP contribution < -0.4 is 14.8 Å². The molecule has 1 unspecified atom stereocenters. The molecule has 1 rings (SSSR count). The first-order valence-electron chi connectivity index (χ1n) is 7.72. The Morgan fingerprint density at radius 1 is 1.19 bits per heavy atom. The van der Waals surface area contributed by atoms with Crippen LogP contribution in [0.25, 0.3) is 0 Å². The van der Waals surface area contributed by atoms with Gasteiger partial charge in [0.1, 0.15) is 6.61 Å². The Kier molecular flexibility index (Phi) is 6.99. The van der Waals surface area contributed by atoms with E-state index in [-0.39, 0.29) is 12.5 Å². The molecule has 0 heterocycles. The van der Waals surface area contributed by atoms with Crippen molar-refractivity contribution < 1.29 is 14.6 Å². The van der Waals surface area contributed by atoms with E-state index in [2.05, 4.69) is 12.2 Å². The van der Waals surface area contributed by atoms with Crippen LogP contribution in [0.2, 0.25) is 0 Å². The van der Waals surface area contributed by atoms with Crippen LogP contribution >= 0.6 is 0 Å². The van der Waals surface area contributed by atoms with Crippen LogP contribution in [0, 0.1) is 5.92 Å². The molecule has 4 nitrogen and oxygen atoms in total. The van der Waals surface area contributed by atoms with Gasteiger partial charge in [0.15, 0.2) is 11.5 Å². The van der Waals surface area contributed by atoms with Crippen molar-refractivity contribution in [2.45, 2.75) is 46.8 Å². The van der Waals surface area contributed by atoms with Gasteiger partial charge in [-0.1, -0.05) is 26.8 Å². The lowest BCUT2D eigenvalue weighted by molar-refractivity contribution is -0.0272. The molecule has 0 saturated carbocycles. The van der Waals surface area contributed by atoms with Crippen molar-refractivity contribution in [2.75, 3.05) is 19.8 Å². The van der Waals surface area contributed by atoms with Crippen LogP contribution in [0.3, 0.4) is 0 Å². The molecule has 0 aromatic heterocycles. The van der Waals surface area contributed by atoms with Gasteiger partial charge in [0, 0.05) is 6.54 Å². The molecule has 1 aromatic carbocycles. The fraction of sp³-hybridized carbons (Fsp3) is 0.647. The van der Waals surface area contributed by atoms with E-state index in [0.717, 1.165) is 24.4 Å². The number of hydrogen-bond acceptors (Lipinski definition) is 4. The van der Waals surface area contributed by atoms with Crippen molar-refractivity contribution in [3.05, 3.63) is 23.8 Å². The average Bonchev–Trinajstić information content (AvgIpc) is 2.44. The number of ether oxygens (including phenoxy) is 2. The third-order valence-corrected chi connectivity index (χ3v) is 3.65. The molecular weight excluding hydrogens is 266 g/mol. The van der Waals surface area contributed by atoms with E-state index in [1.807, 2.05) is 39.0 Å². The Hall–Kier alpha value is -1.26. The average molecular weight is 295 g/mol. The highest BCUT2D eigenvalue weighted by Gasteiger charge is 2.26. The van der Waals surface area contributed by atoms with Crippen molar-refractivity contribution in [1.29, 1.82) is 0 Å². The molecule has 0 aliphatic carbocycles. The Morgan fingerprint density at radius 3 is 2.48 bits per heavy atom. The molecule has 0 spiro atoms. The first-order chi connectivity index (χ1) is 9.90. The lowest BCUT2D eigenvalue weighted by Crippen LogP contribution is -2.37. The highest BCUT2D eigenvalue weighted by molar-refractivity contribution is 5.43. The lowest BCUT2D eigenvalue weighted by atomic mass is 9.94. The smallest absolute Gasteiger partial charge is 0.161 e. The maximum Gasteiger partial charge on any atom is 0.161 e. The zero-order valence-corrected chi connectivity index (χ0v) is 13.9. The molecule has 4 heteroatoms. The topological polar surface area (TPSA) is 50.7 Å². The van der Waals surface area contributed by atoms with Crippen molar-refractivity contribution in [1.82, 2.24) is 5.32 Å². The zero-order chi connectivity index (χ0) is 15.9. The van der Waals surface area contributed by atoms with Crippen LogP contribution in [0.4, 0.5) is 0 Å². The Bertz CT molecular complexity index is 430. The minimum atomic E-state index is -0.855. The van der Waals surface area contributed by atoms with Crippen LogP contribution in [0.5, 0.6) is 11.5 Å². The second-order valence-electron chi connectivity index (χ2n) is 5.79. The van der Waals surface area contributed by atoms with Crippen molar-refractivity contribution >= 4 is 0 Å². The fourth-order valence-corrected chi connectivity index (χ4v) is 1.71. The van der Waals surface area contributed by atoms with E-state index >= 15 is 0 Å². The van der Waals surface area contributed by atoms with Crippen molar-refractivity contribution in [3.8, 4) is 11.5 Å². The largest absolute Gasteiger partial charge is 0.490 e. The van der Waals surface area contributed by atoms with Gasteiger partial charge in [-0.3, -0.25) is 0 Å². The van der Waals surface area contributed by atoms with Gasteiger partial charge in [0.05, 0.1) is 12.2 Å². The number of benzene rings is 1. The molecule has 21 heavy (non-hydrogen) atoms. The summed E-state index contributed by atoms with van der Waals surface area (Å²) >= 11 is 0. The molecule has 2 N–H and O–H groups in total. The molecule has 120 valence electrons. The summed E-state index contributed by atoms with van der Waals surface area (Å²) in [5.74, 6) is 1.53. The molecular formula is C17H29NO3. The van der Waals surface area contributed by atoms with Gasteiger partial charge in [-0.2, -0.15) is 0 Å². The SMILES string of the molecule is CCNCc1ccc(OCC(C)(O)C(C)C)c(OCC)c1. The number of hydrogen-bond donors (Lipinski definition) is 2. The molecule has 0 bridgehead atoms. The third-order valence-electron chi connectivity index (χ3n) is 3.65. The summed E-state index contributed by atoms with van der Waals surface area (Å²) in [5, 5.41) is 13.6. The standard InChI is InChI=1S/C17H29NO3/c1-6-18-11-14-8-9-15(16(10-14)20-7-2)21-12-17(5,19)13(3)4/h8-10,13,18-19H,6-7,11-12H2,1-5H3. The van der Waals surface area contributed by atoms with Gasteiger partial charge >= 0.3 is 0 Å². The monoisotopic (exact) mass is 295 g/mol.